The van der Waals surface area contributed by atoms with Gasteiger partial charge in [-0.25, -0.2) is 0 Å². The Morgan fingerprint density at radius 3 is 2.04 bits per heavy atom. The van der Waals surface area contributed by atoms with Gasteiger partial charge in [-0.3, -0.25) is 9.59 Å². The Hall–Kier alpha value is -1.69. The van der Waals surface area contributed by atoms with Gasteiger partial charge in [-0.1, -0.05) is 59.7 Å². The third-order valence-electron chi connectivity index (χ3n) is 5.50. The van der Waals surface area contributed by atoms with E-state index in [1.807, 2.05) is 55.9 Å². The Labute approximate surface area is 173 Å². The molecule has 2 amide bonds. The van der Waals surface area contributed by atoms with Gasteiger partial charge >= 0.3 is 0 Å². The largest absolute Gasteiger partial charge is 0.369 e. The molecule has 2 unspecified atom stereocenters. The molecule has 1 aliphatic rings. The molecule has 2 rings (SSSR count). The maximum Gasteiger partial charge on any atom is 0.242 e. The lowest BCUT2D eigenvalue weighted by Gasteiger charge is -2.39. The molecule has 1 saturated heterocycles. The van der Waals surface area contributed by atoms with Crippen LogP contribution in [0, 0.1) is 5.41 Å². The van der Waals surface area contributed by atoms with Crippen LogP contribution in [0.2, 0.25) is 0 Å². The highest BCUT2D eigenvalue weighted by atomic mass is 32.2. The number of thioether (sulfide) groups is 1. The summed E-state index contributed by atoms with van der Waals surface area (Å²) >= 11 is 1.84. The molecule has 4 N–H and O–H groups in total. The molecule has 0 saturated carbocycles. The summed E-state index contributed by atoms with van der Waals surface area (Å²) in [6, 6.07) is 9.63. The third kappa shape index (κ3) is 4.83. The quantitative estimate of drug-likeness (QED) is 0.613. The number of benzene rings is 1. The second-order valence-electron chi connectivity index (χ2n) is 10.1. The molecule has 0 aliphatic carbocycles. The van der Waals surface area contributed by atoms with E-state index in [-0.39, 0.29) is 32.9 Å². The lowest BCUT2D eigenvalue weighted by Crippen LogP contribution is -2.40. The van der Waals surface area contributed by atoms with E-state index in [2.05, 4.69) is 39.5 Å². The second kappa shape index (κ2) is 7.29. The number of primary amides is 2. The van der Waals surface area contributed by atoms with Crippen molar-refractivity contribution in [1.29, 1.82) is 0 Å². The van der Waals surface area contributed by atoms with E-state index in [1.54, 1.807) is 0 Å². The van der Waals surface area contributed by atoms with Crippen LogP contribution >= 0.6 is 11.8 Å². The molecular weight excluding hydrogens is 370 g/mol. The standard InChI is InChI=1S/C22H35N3O2S/c1-19(2,18(24)27)13-20(3,4)28-21(5,6)14-22(7)16(17(23)26)25(22)15-11-9-8-10-12-15/h8-12,16H,13-14H2,1-7H3,(H2,23,26)(H2,24,27). The summed E-state index contributed by atoms with van der Waals surface area (Å²) in [7, 11) is 0. The van der Waals surface area contributed by atoms with E-state index in [4.69, 9.17) is 11.5 Å². The average Bonchev–Trinajstić information content (AvgIpc) is 3.09. The van der Waals surface area contributed by atoms with Crippen molar-refractivity contribution in [2.24, 2.45) is 16.9 Å². The van der Waals surface area contributed by atoms with Crippen molar-refractivity contribution in [2.75, 3.05) is 4.90 Å². The first-order valence-electron chi connectivity index (χ1n) is 9.75. The summed E-state index contributed by atoms with van der Waals surface area (Å²) in [6.07, 6.45) is 1.48. The maximum absolute atomic E-state index is 12.1. The van der Waals surface area contributed by atoms with Crippen molar-refractivity contribution in [3.05, 3.63) is 30.3 Å². The number of hydrogen-bond acceptors (Lipinski definition) is 4. The molecule has 0 aromatic heterocycles. The molecule has 5 nitrogen and oxygen atoms in total. The van der Waals surface area contributed by atoms with Gasteiger partial charge < -0.3 is 16.4 Å². The molecule has 6 heteroatoms. The van der Waals surface area contributed by atoms with Gasteiger partial charge in [0.05, 0.1) is 5.54 Å². The van der Waals surface area contributed by atoms with Gasteiger partial charge in [0.25, 0.3) is 0 Å². The fourth-order valence-corrected chi connectivity index (χ4v) is 7.20. The molecule has 1 aromatic carbocycles. The number of rotatable bonds is 9. The second-order valence-corrected chi connectivity index (χ2v) is 12.5. The van der Waals surface area contributed by atoms with Gasteiger partial charge in [-0.15, -0.1) is 11.8 Å². The van der Waals surface area contributed by atoms with E-state index >= 15 is 0 Å². The van der Waals surface area contributed by atoms with Crippen LogP contribution < -0.4 is 16.4 Å². The van der Waals surface area contributed by atoms with Gasteiger partial charge in [0.2, 0.25) is 11.8 Å². The Balaban J connectivity index is 2.18. The molecule has 156 valence electrons. The number of nitrogens with zero attached hydrogens (tertiary/aromatic N) is 1. The summed E-state index contributed by atoms with van der Waals surface area (Å²) in [5.74, 6) is -0.571. The summed E-state index contributed by atoms with van der Waals surface area (Å²) < 4.78 is -0.268. The Morgan fingerprint density at radius 2 is 1.57 bits per heavy atom. The van der Waals surface area contributed by atoms with Crippen LogP contribution in [0.4, 0.5) is 5.69 Å². The van der Waals surface area contributed by atoms with Gasteiger partial charge in [-0.2, -0.15) is 0 Å². The molecule has 1 heterocycles. The number of anilines is 1. The smallest absolute Gasteiger partial charge is 0.242 e. The normalized spacial score (nSPS) is 22.8. The van der Waals surface area contributed by atoms with Crippen LogP contribution in [0.3, 0.4) is 0 Å². The highest BCUT2D eigenvalue weighted by Crippen LogP contribution is 2.54. The van der Waals surface area contributed by atoms with E-state index in [0.717, 1.165) is 12.1 Å². The molecule has 0 radical (unpaired) electrons. The van der Waals surface area contributed by atoms with Crippen molar-refractivity contribution >= 4 is 29.3 Å². The predicted octanol–water partition coefficient (Wildman–Crippen LogP) is 3.70. The molecule has 1 aliphatic heterocycles. The van der Waals surface area contributed by atoms with E-state index in [0.29, 0.717) is 6.42 Å². The van der Waals surface area contributed by atoms with Crippen LogP contribution in [-0.4, -0.2) is 32.9 Å². The van der Waals surface area contributed by atoms with Gasteiger partial charge in [0.1, 0.15) is 6.04 Å². The Morgan fingerprint density at radius 1 is 1.04 bits per heavy atom. The lowest BCUT2D eigenvalue weighted by molar-refractivity contribution is -0.126. The Bertz CT molecular complexity index is 745. The third-order valence-corrected chi connectivity index (χ3v) is 6.90. The molecule has 0 spiro atoms. The van der Waals surface area contributed by atoms with Crippen molar-refractivity contribution in [3.8, 4) is 0 Å². The summed E-state index contributed by atoms with van der Waals surface area (Å²) in [5, 5.41) is 0. The average molecular weight is 406 g/mol. The number of para-hydroxylation sites is 1. The lowest BCUT2D eigenvalue weighted by atomic mass is 9.83. The fourth-order valence-electron chi connectivity index (χ4n) is 4.91. The van der Waals surface area contributed by atoms with Crippen molar-refractivity contribution in [3.63, 3.8) is 0 Å². The zero-order valence-corrected chi connectivity index (χ0v) is 19.0. The first kappa shape index (κ1) is 22.6. The minimum atomic E-state index is -0.568. The minimum absolute atomic E-state index is 0.122. The zero-order chi connectivity index (χ0) is 21.5. The first-order chi connectivity index (χ1) is 12.6. The molecule has 0 bridgehead atoms. The summed E-state index contributed by atoms with van der Waals surface area (Å²) in [4.78, 5) is 26.0. The molecular formula is C22H35N3O2S. The molecule has 1 aromatic rings. The van der Waals surface area contributed by atoms with E-state index < -0.39 is 5.41 Å². The van der Waals surface area contributed by atoms with Crippen molar-refractivity contribution < 1.29 is 9.59 Å². The Kier molecular flexibility index (Phi) is 5.88. The molecule has 1 fully saturated rings. The van der Waals surface area contributed by atoms with E-state index in [1.165, 1.54) is 0 Å². The maximum atomic E-state index is 12.1. The predicted molar refractivity (Wildman–Crippen MR) is 118 cm³/mol. The molecule has 2 atom stereocenters. The van der Waals surface area contributed by atoms with Crippen LogP contribution in [0.25, 0.3) is 0 Å². The van der Waals surface area contributed by atoms with Gasteiger partial charge in [0.15, 0.2) is 0 Å². The SMILES string of the molecule is CC(C)(CC(C)(C)C(N)=O)SC(C)(C)CC1(C)C(C(N)=O)N1c1ccccc1. The summed E-state index contributed by atoms with van der Waals surface area (Å²) in [6.45, 7) is 14.6. The van der Waals surface area contributed by atoms with Gasteiger partial charge in [-0.05, 0) is 31.9 Å². The van der Waals surface area contributed by atoms with Crippen LogP contribution in [0.15, 0.2) is 30.3 Å². The monoisotopic (exact) mass is 405 g/mol. The summed E-state index contributed by atoms with van der Waals surface area (Å²) in [5.41, 5.74) is 11.4. The number of carbonyl (C=O) groups is 2. The zero-order valence-electron chi connectivity index (χ0n) is 18.2. The van der Waals surface area contributed by atoms with Crippen LogP contribution in [0.1, 0.15) is 61.3 Å². The topological polar surface area (TPSA) is 89.2 Å². The first-order valence-corrected chi connectivity index (χ1v) is 10.6. The molecule has 28 heavy (non-hydrogen) atoms. The highest BCUT2D eigenvalue weighted by molar-refractivity contribution is 8.01. The number of carbonyl (C=O) groups excluding carboxylic acids is 2. The number of nitrogens with two attached hydrogens (primary N) is 2. The van der Waals surface area contributed by atoms with Crippen molar-refractivity contribution in [1.82, 2.24) is 0 Å². The number of amides is 2. The van der Waals surface area contributed by atoms with E-state index in [9.17, 15) is 9.59 Å². The highest BCUT2D eigenvalue weighted by Gasteiger charge is 2.64. The van der Waals surface area contributed by atoms with Crippen molar-refractivity contribution in [2.45, 2.75) is 82.4 Å². The van der Waals surface area contributed by atoms with Crippen LogP contribution in [-0.2, 0) is 9.59 Å². The van der Waals surface area contributed by atoms with Gasteiger partial charge in [0, 0.05) is 20.6 Å². The fraction of sp³-hybridized carbons (Fsp3) is 0.636. The van der Waals surface area contributed by atoms with Crippen LogP contribution in [0.5, 0.6) is 0 Å². The minimum Gasteiger partial charge on any atom is -0.369 e. The number of hydrogen-bond donors (Lipinski definition) is 2.